The maximum absolute atomic E-state index is 5.62. The molecule has 0 N–H and O–H groups in total. The molecule has 0 unspecified atom stereocenters. The Balaban J connectivity index is 2.59. The third-order valence-electron chi connectivity index (χ3n) is 3.65. The van der Waals surface area contributed by atoms with Gasteiger partial charge >= 0.3 is 0 Å². The fraction of sp³-hybridized carbons (Fsp3) is 0.368. The molecule has 0 saturated carbocycles. The van der Waals surface area contributed by atoms with E-state index in [2.05, 4.69) is 75.3 Å². The van der Waals surface area contributed by atoms with Gasteiger partial charge in [-0.05, 0) is 48.8 Å². The molecule has 21 heavy (non-hydrogen) atoms. The highest BCUT2D eigenvalue weighted by Gasteiger charge is 2.14. The summed E-state index contributed by atoms with van der Waals surface area (Å²) in [5.74, 6) is 1.44. The van der Waals surface area contributed by atoms with Crippen LogP contribution in [0.25, 0.3) is 11.1 Å². The first kappa shape index (κ1) is 15.6. The van der Waals surface area contributed by atoms with Gasteiger partial charge in [-0.2, -0.15) is 0 Å². The summed E-state index contributed by atoms with van der Waals surface area (Å²) in [5.41, 5.74) is 5.13. The van der Waals surface area contributed by atoms with E-state index in [1.165, 1.54) is 22.3 Å². The smallest absolute Gasteiger partial charge is 0.123 e. The maximum Gasteiger partial charge on any atom is 0.123 e. The van der Waals surface area contributed by atoms with Gasteiger partial charge in [-0.25, -0.2) is 0 Å². The van der Waals surface area contributed by atoms with Crippen molar-refractivity contribution in [1.82, 2.24) is 4.90 Å². The van der Waals surface area contributed by atoms with E-state index in [0.717, 1.165) is 12.3 Å². The fourth-order valence-corrected chi connectivity index (χ4v) is 2.64. The molecule has 2 heteroatoms. The lowest BCUT2D eigenvalue weighted by atomic mass is 9.90. The minimum Gasteiger partial charge on any atom is -0.496 e. The van der Waals surface area contributed by atoms with Crippen LogP contribution in [0.3, 0.4) is 0 Å². The molecule has 2 aromatic carbocycles. The molecule has 0 aliphatic heterocycles. The summed E-state index contributed by atoms with van der Waals surface area (Å²) in [6.07, 6.45) is 0. The van der Waals surface area contributed by atoms with Crippen molar-refractivity contribution in [3.8, 4) is 16.9 Å². The van der Waals surface area contributed by atoms with Crippen LogP contribution in [0.5, 0.6) is 5.75 Å². The first-order chi connectivity index (χ1) is 10.0. The number of hydrogen-bond donors (Lipinski definition) is 0. The third-order valence-corrected chi connectivity index (χ3v) is 3.65. The van der Waals surface area contributed by atoms with E-state index >= 15 is 0 Å². The van der Waals surface area contributed by atoms with Crippen LogP contribution in [0.4, 0.5) is 0 Å². The van der Waals surface area contributed by atoms with Gasteiger partial charge in [0, 0.05) is 12.1 Å². The second kappa shape index (κ2) is 6.77. The molecule has 2 aromatic rings. The Hall–Kier alpha value is -1.80. The van der Waals surface area contributed by atoms with Crippen molar-refractivity contribution in [2.24, 2.45) is 0 Å². The SMILES string of the molecule is COc1cc(-c2ccccc2)c(C(C)C)cc1CN(C)C. The average Bonchev–Trinajstić information content (AvgIpc) is 2.47. The lowest BCUT2D eigenvalue weighted by Crippen LogP contribution is -2.12. The molecule has 0 amide bonds. The van der Waals surface area contributed by atoms with Crippen LogP contribution in [-0.4, -0.2) is 26.1 Å². The minimum absolute atomic E-state index is 0.479. The molecule has 0 fully saturated rings. The molecule has 0 aliphatic rings. The van der Waals surface area contributed by atoms with Crippen LogP contribution in [0.2, 0.25) is 0 Å². The molecule has 2 rings (SSSR count). The largest absolute Gasteiger partial charge is 0.496 e. The highest BCUT2D eigenvalue weighted by molar-refractivity contribution is 5.70. The van der Waals surface area contributed by atoms with E-state index in [9.17, 15) is 0 Å². The predicted octanol–water partition coefficient (Wildman–Crippen LogP) is 4.55. The molecule has 0 aromatic heterocycles. The standard InChI is InChI=1S/C19H25NO/c1-14(2)17-11-16(13-20(3)4)19(21-5)12-18(17)15-9-7-6-8-10-15/h6-12,14H,13H2,1-5H3. The monoisotopic (exact) mass is 283 g/mol. The van der Waals surface area contributed by atoms with Crippen molar-refractivity contribution < 1.29 is 4.74 Å². The quantitative estimate of drug-likeness (QED) is 0.798. The first-order valence-electron chi connectivity index (χ1n) is 7.44. The van der Waals surface area contributed by atoms with Crippen molar-refractivity contribution in [3.05, 3.63) is 53.6 Å². The van der Waals surface area contributed by atoms with Gasteiger partial charge in [0.2, 0.25) is 0 Å². The zero-order valence-corrected chi connectivity index (χ0v) is 13.7. The Morgan fingerprint density at radius 3 is 2.24 bits per heavy atom. The molecule has 2 nitrogen and oxygen atoms in total. The zero-order chi connectivity index (χ0) is 15.4. The molecule has 0 radical (unpaired) electrons. The van der Waals surface area contributed by atoms with E-state index in [4.69, 9.17) is 4.74 Å². The summed E-state index contributed by atoms with van der Waals surface area (Å²) in [6, 6.07) is 15.0. The van der Waals surface area contributed by atoms with Crippen LogP contribution in [-0.2, 0) is 6.54 Å². The van der Waals surface area contributed by atoms with Gasteiger partial charge in [-0.3, -0.25) is 0 Å². The van der Waals surface area contributed by atoms with Crippen molar-refractivity contribution in [3.63, 3.8) is 0 Å². The Bertz CT molecular complexity index is 588. The zero-order valence-electron chi connectivity index (χ0n) is 13.7. The summed E-state index contributed by atoms with van der Waals surface area (Å²) in [5, 5.41) is 0. The summed E-state index contributed by atoms with van der Waals surface area (Å²) in [4.78, 5) is 2.17. The fourth-order valence-electron chi connectivity index (χ4n) is 2.64. The van der Waals surface area contributed by atoms with Crippen LogP contribution in [0.15, 0.2) is 42.5 Å². The Kier molecular flexibility index (Phi) is 5.03. The number of benzene rings is 2. The third kappa shape index (κ3) is 3.64. The van der Waals surface area contributed by atoms with Crippen molar-refractivity contribution in [1.29, 1.82) is 0 Å². The van der Waals surface area contributed by atoms with Crippen LogP contribution in [0, 0.1) is 0 Å². The van der Waals surface area contributed by atoms with Gasteiger partial charge in [-0.1, -0.05) is 44.2 Å². The van der Waals surface area contributed by atoms with Crippen LogP contribution in [0.1, 0.15) is 30.9 Å². The predicted molar refractivity (Wildman–Crippen MR) is 89.9 cm³/mol. The lowest BCUT2D eigenvalue weighted by molar-refractivity contribution is 0.371. The number of rotatable bonds is 5. The second-order valence-electron chi connectivity index (χ2n) is 6.01. The van der Waals surface area contributed by atoms with Gasteiger partial charge in [0.25, 0.3) is 0 Å². The highest BCUT2D eigenvalue weighted by atomic mass is 16.5. The van der Waals surface area contributed by atoms with Gasteiger partial charge in [0.05, 0.1) is 7.11 Å². The molecule has 0 aliphatic carbocycles. The molecule has 0 atom stereocenters. The van der Waals surface area contributed by atoms with Crippen molar-refractivity contribution >= 4 is 0 Å². The number of methoxy groups -OCH3 is 1. The second-order valence-corrected chi connectivity index (χ2v) is 6.01. The molecule has 0 heterocycles. The molecule has 112 valence electrons. The van der Waals surface area contributed by atoms with Gasteiger partial charge in [0.1, 0.15) is 5.75 Å². The van der Waals surface area contributed by atoms with Gasteiger partial charge in [-0.15, -0.1) is 0 Å². The Labute approximate surface area is 128 Å². The normalized spacial score (nSPS) is 11.2. The van der Waals surface area contributed by atoms with E-state index in [1.54, 1.807) is 7.11 Å². The highest BCUT2D eigenvalue weighted by Crippen LogP contribution is 2.35. The molecular weight excluding hydrogens is 258 g/mol. The summed E-state index contributed by atoms with van der Waals surface area (Å²) in [6.45, 7) is 5.37. The number of ether oxygens (including phenoxy) is 1. The van der Waals surface area contributed by atoms with Crippen LogP contribution >= 0.6 is 0 Å². The average molecular weight is 283 g/mol. The van der Waals surface area contributed by atoms with Gasteiger partial charge in [0.15, 0.2) is 0 Å². The summed E-state index contributed by atoms with van der Waals surface area (Å²) in [7, 11) is 5.91. The number of hydrogen-bond acceptors (Lipinski definition) is 2. The molecule has 0 saturated heterocycles. The Morgan fingerprint density at radius 2 is 1.71 bits per heavy atom. The minimum atomic E-state index is 0.479. The van der Waals surface area contributed by atoms with E-state index in [1.807, 2.05) is 0 Å². The first-order valence-corrected chi connectivity index (χ1v) is 7.44. The number of nitrogens with zero attached hydrogens (tertiary/aromatic N) is 1. The van der Waals surface area contributed by atoms with E-state index < -0.39 is 0 Å². The maximum atomic E-state index is 5.62. The molecular formula is C19H25NO. The van der Waals surface area contributed by atoms with Crippen molar-refractivity contribution in [2.45, 2.75) is 26.3 Å². The van der Waals surface area contributed by atoms with E-state index in [0.29, 0.717) is 5.92 Å². The van der Waals surface area contributed by atoms with Crippen LogP contribution < -0.4 is 4.74 Å². The molecule has 0 spiro atoms. The lowest BCUT2D eigenvalue weighted by Gasteiger charge is -2.20. The van der Waals surface area contributed by atoms with E-state index in [-0.39, 0.29) is 0 Å². The summed E-state index contributed by atoms with van der Waals surface area (Å²) < 4.78 is 5.62. The van der Waals surface area contributed by atoms with Gasteiger partial charge < -0.3 is 9.64 Å². The summed E-state index contributed by atoms with van der Waals surface area (Å²) >= 11 is 0. The Morgan fingerprint density at radius 1 is 1.05 bits per heavy atom. The van der Waals surface area contributed by atoms with Crippen molar-refractivity contribution in [2.75, 3.05) is 21.2 Å². The topological polar surface area (TPSA) is 12.5 Å². The molecule has 0 bridgehead atoms.